The van der Waals surface area contributed by atoms with Crippen LogP contribution in [0.1, 0.15) is 12.8 Å². The number of benzene rings is 1. The van der Waals surface area contributed by atoms with Crippen molar-refractivity contribution < 1.29 is 30.3 Å². The van der Waals surface area contributed by atoms with Crippen LogP contribution in [0.2, 0.25) is 0 Å². The molecule has 30 heavy (non-hydrogen) atoms. The minimum absolute atomic E-state index is 0. The molecule has 2 aromatic rings. The van der Waals surface area contributed by atoms with Gasteiger partial charge in [0.1, 0.15) is 4.47 Å². The molecule has 1 aromatic carbocycles. The third-order valence-corrected chi connectivity index (χ3v) is 5.01. The average molecular weight is 536 g/mol. The number of aromatic nitrogens is 2. The molecule has 0 aliphatic heterocycles. The van der Waals surface area contributed by atoms with Gasteiger partial charge < -0.3 is 10.1 Å². The zero-order valence-corrected chi connectivity index (χ0v) is 19.0. The number of aromatic amines is 1. The molecule has 0 amide bonds. The Kier molecular flexibility index (Phi) is 13.2. The van der Waals surface area contributed by atoms with Crippen LogP contribution in [-0.2, 0) is 28.6 Å². The first kappa shape index (κ1) is 29.2. The van der Waals surface area contributed by atoms with Crippen molar-refractivity contribution >= 4 is 65.7 Å². The van der Waals surface area contributed by atoms with Crippen molar-refractivity contribution in [3.8, 4) is 17.1 Å². The van der Waals surface area contributed by atoms with Gasteiger partial charge in [-0.15, -0.1) is 0 Å². The van der Waals surface area contributed by atoms with E-state index in [0.29, 0.717) is 23.0 Å². The molecule has 0 saturated heterocycles. The Hall–Kier alpha value is -0.800. The summed E-state index contributed by atoms with van der Waals surface area (Å²) < 4.78 is 51.2. The second-order valence-electron chi connectivity index (χ2n) is 5.72. The number of nitrogens with one attached hydrogen (secondary N) is 2. The van der Waals surface area contributed by atoms with E-state index in [1.165, 1.54) is 0 Å². The van der Waals surface area contributed by atoms with Crippen LogP contribution >= 0.6 is 15.9 Å². The zero-order valence-electron chi connectivity index (χ0n) is 15.8. The van der Waals surface area contributed by atoms with Gasteiger partial charge in [0.05, 0.1) is 31.4 Å². The Labute approximate surface area is 206 Å². The molecular formula is C16H23BrN3NaO7S2. The molecule has 0 bridgehead atoms. The maximum absolute atomic E-state index is 10.5. The number of aromatic hydroxyl groups is 1. The van der Waals surface area contributed by atoms with Crippen molar-refractivity contribution in [1.82, 2.24) is 9.97 Å². The molecule has 1 heterocycles. The summed E-state index contributed by atoms with van der Waals surface area (Å²) in [5.41, 5.74) is 1.46. The van der Waals surface area contributed by atoms with Crippen LogP contribution < -0.4 is 5.62 Å². The monoisotopic (exact) mass is 535 g/mol. The summed E-state index contributed by atoms with van der Waals surface area (Å²) >= 11 is 3.22. The summed E-state index contributed by atoms with van der Waals surface area (Å²) in [4.78, 5) is 6.36. The Morgan fingerprint density at radius 1 is 1.03 bits per heavy atom. The minimum atomic E-state index is -3.40. The van der Waals surface area contributed by atoms with Crippen LogP contribution in [0.15, 0.2) is 34.8 Å². The first-order valence-corrected chi connectivity index (χ1v) is 12.6. The Balaban J connectivity index is 0.000000545. The molecule has 0 fully saturated rings. The number of H-pyrrole nitrogens is 1. The van der Waals surface area contributed by atoms with E-state index in [9.17, 15) is 21.9 Å². The molecule has 0 spiro atoms. The molecule has 3 N–H and O–H groups in total. The third kappa shape index (κ3) is 12.8. The van der Waals surface area contributed by atoms with Crippen molar-refractivity contribution in [3.05, 3.63) is 40.4 Å². The fourth-order valence-corrected chi connectivity index (χ4v) is 3.15. The fourth-order valence-electron chi connectivity index (χ4n) is 1.90. The summed E-state index contributed by atoms with van der Waals surface area (Å²) in [5, 5.41) is 16.8. The van der Waals surface area contributed by atoms with Gasteiger partial charge in [-0.25, -0.2) is 0 Å². The van der Waals surface area contributed by atoms with E-state index in [0.717, 1.165) is 18.1 Å². The number of rotatable bonds is 8. The normalized spacial score (nSPS) is 11.2. The fraction of sp³-hybridized carbons (Fsp3) is 0.375. The Bertz CT molecular complexity index is 1030. The SMILES string of the molecule is CS(=O)(=O)OCCCCOS(C)(=O)=O.N=c1nc(O)c(Br)c(-c2ccccc2)[nH]1.[NaH]. The Morgan fingerprint density at radius 2 is 1.50 bits per heavy atom. The molecule has 14 heteroatoms. The quantitative estimate of drug-likeness (QED) is 0.257. The van der Waals surface area contributed by atoms with E-state index >= 15 is 0 Å². The molecule has 0 saturated carbocycles. The van der Waals surface area contributed by atoms with Crippen LogP contribution in [-0.4, -0.2) is 87.2 Å². The topological polar surface area (TPSA) is 160 Å². The summed E-state index contributed by atoms with van der Waals surface area (Å²) in [5.74, 6) is -0.183. The van der Waals surface area contributed by atoms with Gasteiger partial charge >= 0.3 is 29.6 Å². The van der Waals surface area contributed by atoms with Crippen LogP contribution in [0, 0.1) is 5.41 Å². The molecule has 0 aliphatic carbocycles. The van der Waals surface area contributed by atoms with E-state index in [1.807, 2.05) is 30.3 Å². The zero-order chi connectivity index (χ0) is 22.1. The van der Waals surface area contributed by atoms with Crippen molar-refractivity contribution in [3.63, 3.8) is 0 Å². The van der Waals surface area contributed by atoms with Crippen LogP contribution in [0.4, 0.5) is 0 Å². The van der Waals surface area contributed by atoms with Gasteiger partial charge in [-0.3, -0.25) is 13.8 Å². The number of unbranched alkanes of at least 4 members (excludes halogenated alkanes) is 1. The van der Waals surface area contributed by atoms with E-state index in [-0.39, 0.29) is 54.3 Å². The van der Waals surface area contributed by atoms with Gasteiger partial charge in [0, 0.05) is 0 Å². The van der Waals surface area contributed by atoms with Crippen LogP contribution in [0.5, 0.6) is 5.88 Å². The average Bonchev–Trinajstić information content (AvgIpc) is 2.60. The second-order valence-corrected chi connectivity index (χ2v) is 9.80. The molecule has 0 aliphatic rings. The van der Waals surface area contributed by atoms with Crippen molar-refractivity contribution in [2.75, 3.05) is 25.7 Å². The molecule has 2 rings (SSSR count). The van der Waals surface area contributed by atoms with E-state index in [2.05, 4.69) is 34.3 Å². The predicted octanol–water partition coefficient (Wildman–Crippen LogP) is 1.09. The van der Waals surface area contributed by atoms with Gasteiger partial charge in [-0.2, -0.15) is 21.8 Å². The van der Waals surface area contributed by atoms with Gasteiger partial charge in [0.25, 0.3) is 20.2 Å². The van der Waals surface area contributed by atoms with E-state index < -0.39 is 20.2 Å². The van der Waals surface area contributed by atoms with E-state index in [4.69, 9.17) is 5.41 Å². The van der Waals surface area contributed by atoms with Crippen molar-refractivity contribution in [2.24, 2.45) is 0 Å². The van der Waals surface area contributed by atoms with Crippen LogP contribution in [0.3, 0.4) is 0 Å². The van der Waals surface area contributed by atoms with E-state index in [1.54, 1.807) is 0 Å². The number of hydrogen-bond donors (Lipinski definition) is 3. The van der Waals surface area contributed by atoms with Gasteiger partial charge in [0.2, 0.25) is 11.5 Å². The summed E-state index contributed by atoms with van der Waals surface area (Å²) in [6.07, 6.45) is 2.78. The summed E-state index contributed by atoms with van der Waals surface area (Å²) in [7, 11) is -6.80. The summed E-state index contributed by atoms with van der Waals surface area (Å²) in [6, 6.07) is 9.44. The number of nitrogens with zero attached hydrogens (tertiary/aromatic N) is 1. The van der Waals surface area contributed by atoms with Gasteiger partial charge in [-0.1, -0.05) is 30.3 Å². The van der Waals surface area contributed by atoms with Crippen molar-refractivity contribution in [1.29, 1.82) is 5.41 Å². The summed E-state index contributed by atoms with van der Waals surface area (Å²) in [6.45, 7) is 0.0951. The standard InChI is InChI=1S/C10H8BrN3O.C6H14O6S2.Na.H/c11-7-8(6-4-2-1-3-5-6)13-10(12)14-9(7)15;1-13(7,8)11-5-3-4-6-12-14(2,9)10;;/h1-5H,(H3,12,13,14,15);3-6H2,1-2H3;;. The van der Waals surface area contributed by atoms with Crippen LogP contribution in [0.25, 0.3) is 11.3 Å². The molecule has 1 aromatic heterocycles. The van der Waals surface area contributed by atoms with Crippen molar-refractivity contribution in [2.45, 2.75) is 12.8 Å². The predicted molar refractivity (Wildman–Crippen MR) is 117 cm³/mol. The second kappa shape index (κ2) is 13.6. The Morgan fingerprint density at radius 3 is 1.93 bits per heavy atom. The molecular weight excluding hydrogens is 513 g/mol. The maximum atomic E-state index is 10.5. The molecule has 0 radical (unpaired) electrons. The molecule has 0 atom stereocenters. The molecule has 164 valence electrons. The third-order valence-electron chi connectivity index (χ3n) is 3.07. The van der Waals surface area contributed by atoms with Gasteiger partial charge in [-0.05, 0) is 34.3 Å². The number of halogens is 1. The molecule has 0 unspecified atom stereocenters. The molecule has 10 nitrogen and oxygen atoms in total. The first-order valence-electron chi connectivity index (χ1n) is 8.16. The van der Waals surface area contributed by atoms with Gasteiger partial charge in [0.15, 0.2) is 0 Å². The first-order chi connectivity index (χ1) is 13.4. The number of hydrogen-bond acceptors (Lipinski definition) is 9.